The number of phenols is 2. The maximum Gasteiger partial charge on any atom is 0.273 e. The topological polar surface area (TPSA) is 157 Å². The second-order valence-electron chi connectivity index (χ2n) is 13.4. The van der Waals surface area contributed by atoms with Gasteiger partial charge in [0.1, 0.15) is 11.5 Å². The molecule has 10 nitrogen and oxygen atoms in total. The van der Waals surface area contributed by atoms with E-state index in [2.05, 4.69) is 35.6 Å². The van der Waals surface area contributed by atoms with Crippen LogP contribution in [0.4, 0.5) is 0 Å². The highest BCUT2D eigenvalue weighted by Crippen LogP contribution is 2.26. The van der Waals surface area contributed by atoms with Gasteiger partial charge in [-0.2, -0.15) is 0 Å². The van der Waals surface area contributed by atoms with Gasteiger partial charge in [-0.25, -0.2) is 0 Å². The Balaban J connectivity index is 1.84. The summed E-state index contributed by atoms with van der Waals surface area (Å²) in [5.41, 5.74) is 11.6. The number of benzene rings is 2. The Bertz CT molecular complexity index is 1350. The van der Waals surface area contributed by atoms with Crippen molar-refractivity contribution in [1.82, 2.24) is 21.7 Å². The predicted octanol–water partition coefficient (Wildman–Crippen LogP) is 7.96. The number of para-hydroxylation sites is 2. The van der Waals surface area contributed by atoms with E-state index in [0.717, 1.165) is 57.8 Å². The number of carbonyl (C=O) groups is 4. The fraction of sp³-hybridized carbons (Fsp3) is 0.600. The smallest absolute Gasteiger partial charge is 0.273 e. The molecule has 0 fully saturated rings. The zero-order chi connectivity index (χ0) is 36.7. The lowest BCUT2D eigenvalue weighted by Gasteiger charge is -2.19. The molecule has 0 aromatic heterocycles. The third-order valence-electron chi connectivity index (χ3n) is 9.40. The predicted molar refractivity (Wildman–Crippen MR) is 198 cm³/mol. The van der Waals surface area contributed by atoms with Crippen LogP contribution in [0, 0.1) is 11.8 Å². The van der Waals surface area contributed by atoms with Gasteiger partial charge in [0.05, 0.1) is 11.1 Å². The van der Waals surface area contributed by atoms with Gasteiger partial charge in [0.2, 0.25) is 11.8 Å². The first-order valence-electron chi connectivity index (χ1n) is 19.0. The molecule has 2 aromatic carbocycles. The summed E-state index contributed by atoms with van der Waals surface area (Å²) >= 11 is 0. The summed E-state index contributed by atoms with van der Waals surface area (Å²) in [6, 6.07) is 10.2. The Morgan fingerprint density at radius 3 is 1.40 bits per heavy atom. The monoisotopic (exact) mass is 694 g/mol. The van der Waals surface area contributed by atoms with Crippen LogP contribution in [0.25, 0.3) is 0 Å². The lowest BCUT2D eigenvalue weighted by molar-refractivity contribution is -0.126. The van der Waals surface area contributed by atoms with Crippen LogP contribution in [0.2, 0.25) is 0 Å². The third-order valence-corrected chi connectivity index (χ3v) is 9.40. The summed E-state index contributed by atoms with van der Waals surface area (Å²) in [7, 11) is 0. The van der Waals surface area contributed by atoms with Crippen LogP contribution in [-0.4, -0.2) is 33.8 Å². The molecule has 2 aromatic rings. The highest BCUT2D eigenvalue weighted by atomic mass is 16.3. The summed E-state index contributed by atoms with van der Waals surface area (Å²) in [5.74, 6) is -2.68. The van der Waals surface area contributed by atoms with Crippen molar-refractivity contribution < 1.29 is 29.4 Å². The average molecular weight is 695 g/mol. The van der Waals surface area contributed by atoms with Crippen molar-refractivity contribution in [2.45, 2.75) is 143 Å². The van der Waals surface area contributed by atoms with E-state index >= 15 is 0 Å². The van der Waals surface area contributed by atoms with Crippen LogP contribution in [0.1, 0.15) is 162 Å². The van der Waals surface area contributed by atoms with Gasteiger partial charge in [-0.1, -0.05) is 116 Å². The molecule has 50 heavy (non-hydrogen) atoms. The highest BCUT2D eigenvalue weighted by molar-refractivity contribution is 5.99. The number of hydrazine groups is 2. The number of hydrogen-bond acceptors (Lipinski definition) is 6. The molecule has 0 aliphatic carbocycles. The quantitative estimate of drug-likeness (QED) is 0.0512. The molecule has 278 valence electrons. The Morgan fingerprint density at radius 1 is 0.520 bits per heavy atom. The molecular formula is C40H62N4O6. The molecule has 2 rings (SSSR count). The van der Waals surface area contributed by atoms with Gasteiger partial charge in [-0.15, -0.1) is 0 Å². The summed E-state index contributed by atoms with van der Waals surface area (Å²) in [5, 5.41) is 21.4. The standard InChI is InChI=1S/C40H62N4O6/c1-5-9-11-13-15-21-30-24-18-27-33(35(30)45)39(49)43-41-37(47)29(8-4)23-17-26-32(20-7-3)38(48)42-44-40(50)34-28-19-25-31(36(34)46)22-16-14-12-10-6-2/h18-19,24-25,27-29,32,45-46H,5-17,20-23,26H2,1-4H3,(H,41,47)(H,42,48)(H,43,49)(H,44,50). The van der Waals surface area contributed by atoms with Gasteiger partial charge >= 0.3 is 0 Å². The maximum absolute atomic E-state index is 13.1. The SMILES string of the molecule is CCCCCCCc1cccc(C(=O)NNC(=O)C(CC)CCCC(CCC)C(=O)NNC(=O)c2cccc(CCCCCCC)c2O)c1O. The van der Waals surface area contributed by atoms with Crippen molar-refractivity contribution in [3.8, 4) is 11.5 Å². The van der Waals surface area contributed by atoms with Crippen LogP contribution in [0.15, 0.2) is 36.4 Å². The number of aryl methyl sites for hydroxylation is 2. The van der Waals surface area contributed by atoms with Gasteiger partial charge in [-0.05, 0) is 74.6 Å². The van der Waals surface area contributed by atoms with Crippen molar-refractivity contribution in [3.05, 3.63) is 58.7 Å². The van der Waals surface area contributed by atoms with E-state index in [1.165, 1.54) is 25.0 Å². The first-order chi connectivity index (χ1) is 24.2. The van der Waals surface area contributed by atoms with Gasteiger partial charge in [-0.3, -0.25) is 40.9 Å². The minimum atomic E-state index is -0.581. The second-order valence-corrected chi connectivity index (χ2v) is 13.4. The van der Waals surface area contributed by atoms with Gasteiger partial charge in [0, 0.05) is 11.8 Å². The van der Waals surface area contributed by atoms with E-state index in [4.69, 9.17) is 0 Å². The number of unbranched alkanes of at least 4 members (excludes halogenated alkanes) is 8. The molecule has 6 N–H and O–H groups in total. The summed E-state index contributed by atoms with van der Waals surface area (Å²) in [4.78, 5) is 51.7. The summed E-state index contributed by atoms with van der Waals surface area (Å²) < 4.78 is 0. The molecule has 2 atom stereocenters. The van der Waals surface area contributed by atoms with E-state index in [0.29, 0.717) is 56.1 Å². The maximum atomic E-state index is 13.1. The third kappa shape index (κ3) is 14.4. The van der Waals surface area contributed by atoms with Gasteiger partial charge in [0.25, 0.3) is 11.8 Å². The number of rotatable bonds is 23. The van der Waals surface area contributed by atoms with Crippen molar-refractivity contribution in [3.63, 3.8) is 0 Å². The fourth-order valence-electron chi connectivity index (χ4n) is 6.25. The van der Waals surface area contributed by atoms with Crippen molar-refractivity contribution in [2.24, 2.45) is 11.8 Å². The molecule has 0 heterocycles. The highest BCUT2D eigenvalue weighted by Gasteiger charge is 2.23. The van der Waals surface area contributed by atoms with Crippen molar-refractivity contribution >= 4 is 23.6 Å². The number of nitrogens with one attached hydrogen (secondary N) is 4. The Labute approximate surface area is 299 Å². The van der Waals surface area contributed by atoms with Crippen LogP contribution >= 0.6 is 0 Å². The number of carbonyl (C=O) groups excluding carboxylic acids is 4. The van der Waals surface area contributed by atoms with Crippen LogP contribution in [-0.2, 0) is 22.4 Å². The van der Waals surface area contributed by atoms with Gasteiger partial charge in [0.15, 0.2) is 0 Å². The molecule has 0 bridgehead atoms. The van der Waals surface area contributed by atoms with E-state index in [1.807, 2.05) is 26.0 Å². The zero-order valence-electron chi connectivity index (χ0n) is 30.9. The number of hydrogen-bond donors (Lipinski definition) is 6. The van der Waals surface area contributed by atoms with E-state index in [1.54, 1.807) is 12.1 Å². The summed E-state index contributed by atoms with van der Waals surface area (Å²) in [6.07, 6.45) is 15.9. The number of amides is 4. The van der Waals surface area contributed by atoms with Crippen LogP contribution in [0.5, 0.6) is 11.5 Å². The van der Waals surface area contributed by atoms with E-state index in [-0.39, 0.29) is 46.3 Å². The molecule has 0 saturated carbocycles. The summed E-state index contributed by atoms with van der Waals surface area (Å²) in [6.45, 7) is 8.20. The van der Waals surface area contributed by atoms with Crippen LogP contribution < -0.4 is 21.7 Å². The first-order valence-corrected chi connectivity index (χ1v) is 19.0. The zero-order valence-corrected chi connectivity index (χ0v) is 30.9. The van der Waals surface area contributed by atoms with E-state index in [9.17, 15) is 29.4 Å². The van der Waals surface area contributed by atoms with Crippen molar-refractivity contribution in [1.29, 1.82) is 0 Å². The molecular weight excluding hydrogens is 632 g/mol. The molecule has 0 spiro atoms. The number of aromatic hydroxyl groups is 2. The molecule has 0 aliphatic rings. The van der Waals surface area contributed by atoms with Gasteiger partial charge < -0.3 is 10.2 Å². The lowest BCUT2D eigenvalue weighted by atomic mass is 9.92. The second kappa shape index (κ2) is 24.1. The van der Waals surface area contributed by atoms with Crippen molar-refractivity contribution in [2.75, 3.05) is 0 Å². The molecule has 0 radical (unpaired) electrons. The molecule has 0 aliphatic heterocycles. The average Bonchev–Trinajstić information content (AvgIpc) is 3.11. The molecule has 2 unspecified atom stereocenters. The van der Waals surface area contributed by atoms with E-state index < -0.39 is 11.8 Å². The first kappa shape index (κ1) is 42.1. The Hall–Kier alpha value is -4.08. The minimum Gasteiger partial charge on any atom is -0.507 e. The fourth-order valence-corrected chi connectivity index (χ4v) is 6.25. The number of phenolic OH excluding ortho intramolecular Hbond substituents is 2. The molecule has 4 amide bonds. The molecule has 0 saturated heterocycles. The normalized spacial score (nSPS) is 12.2. The van der Waals surface area contributed by atoms with Crippen LogP contribution in [0.3, 0.4) is 0 Å². The Kier molecular flexibility index (Phi) is 20.3. The Morgan fingerprint density at radius 2 is 0.960 bits per heavy atom. The lowest BCUT2D eigenvalue weighted by Crippen LogP contribution is -2.45. The molecule has 10 heteroatoms. The largest absolute Gasteiger partial charge is 0.507 e. The minimum absolute atomic E-state index is 0.0570.